The van der Waals surface area contributed by atoms with Gasteiger partial charge in [0.25, 0.3) is 5.91 Å². The number of aryl methyl sites for hydroxylation is 3. The Morgan fingerprint density at radius 2 is 1.85 bits per heavy atom. The van der Waals surface area contributed by atoms with Crippen molar-refractivity contribution in [2.24, 2.45) is 7.05 Å². The maximum atomic E-state index is 13.7. The molecule has 0 unspecified atom stereocenters. The summed E-state index contributed by atoms with van der Waals surface area (Å²) in [7, 11) is 3.63. The standard InChI is InChI=1S/C30H33N7O2S/c1-17(2)28-27-18(3)29(30(38)36-9-11-40-12-10-36)35(5)24(27)14-26(34-28)37-23-13-22(33-19(4)20(23)16-32-37)21-15-31-8-7-25(21)39-6/h7-8,13-17H,9-12H2,1-6H3. The van der Waals surface area contributed by atoms with E-state index in [1.54, 1.807) is 19.5 Å². The Balaban J connectivity index is 1.55. The summed E-state index contributed by atoms with van der Waals surface area (Å²) in [6.07, 6.45) is 5.30. The fourth-order valence-corrected chi connectivity index (χ4v) is 6.58. The van der Waals surface area contributed by atoms with Gasteiger partial charge in [0.15, 0.2) is 5.82 Å². The summed E-state index contributed by atoms with van der Waals surface area (Å²) < 4.78 is 9.48. The minimum absolute atomic E-state index is 0.0917. The van der Waals surface area contributed by atoms with Crippen LogP contribution in [0.1, 0.15) is 47.2 Å². The summed E-state index contributed by atoms with van der Waals surface area (Å²) in [6.45, 7) is 9.87. The molecule has 0 radical (unpaired) electrons. The van der Waals surface area contributed by atoms with Crippen molar-refractivity contribution < 1.29 is 9.53 Å². The highest BCUT2D eigenvalue weighted by molar-refractivity contribution is 7.99. The molecule has 0 aliphatic carbocycles. The first-order chi connectivity index (χ1) is 19.3. The molecule has 40 heavy (non-hydrogen) atoms. The molecule has 0 aromatic carbocycles. The number of ether oxygens (including phenoxy) is 1. The summed E-state index contributed by atoms with van der Waals surface area (Å²) >= 11 is 1.90. The van der Waals surface area contributed by atoms with Crippen LogP contribution < -0.4 is 4.74 Å². The molecule has 5 aromatic rings. The molecule has 0 N–H and O–H groups in total. The molecule has 0 bridgehead atoms. The van der Waals surface area contributed by atoms with Crippen LogP contribution >= 0.6 is 11.8 Å². The van der Waals surface area contributed by atoms with Crippen LogP contribution in [-0.4, -0.2) is 71.8 Å². The molecule has 0 spiro atoms. The second kappa shape index (κ2) is 10.2. The maximum Gasteiger partial charge on any atom is 0.270 e. The first kappa shape index (κ1) is 26.3. The smallest absolute Gasteiger partial charge is 0.270 e. The van der Waals surface area contributed by atoms with E-state index in [0.29, 0.717) is 11.6 Å². The van der Waals surface area contributed by atoms with Gasteiger partial charge in [-0.25, -0.2) is 9.67 Å². The molecule has 206 valence electrons. The zero-order valence-corrected chi connectivity index (χ0v) is 24.5. The van der Waals surface area contributed by atoms with Crippen molar-refractivity contribution in [3.05, 3.63) is 59.4 Å². The number of hydrogen-bond acceptors (Lipinski definition) is 7. The number of aromatic nitrogens is 6. The largest absolute Gasteiger partial charge is 0.496 e. The average molecular weight is 556 g/mol. The second-order valence-electron chi connectivity index (χ2n) is 10.5. The quantitative estimate of drug-likeness (QED) is 0.290. The van der Waals surface area contributed by atoms with Crippen LogP contribution in [0.25, 0.3) is 38.9 Å². The van der Waals surface area contributed by atoms with E-state index in [2.05, 4.69) is 18.8 Å². The van der Waals surface area contributed by atoms with E-state index in [1.165, 1.54) is 0 Å². The summed E-state index contributed by atoms with van der Waals surface area (Å²) in [5.74, 6) is 3.61. The lowest BCUT2D eigenvalue weighted by Gasteiger charge is -2.26. The van der Waals surface area contributed by atoms with Gasteiger partial charge in [-0.2, -0.15) is 16.9 Å². The van der Waals surface area contributed by atoms with E-state index in [9.17, 15) is 4.79 Å². The van der Waals surface area contributed by atoms with Crippen LogP contribution in [0, 0.1) is 13.8 Å². The lowest BCUT2D eigenvalue weighted by Crippen LogP contribution is -2.39. The Morgan fingerprint density at radius 3 is 2.58 bits per heavy atom. The average Bonchev–Trinajstić information content (AvgIpc) is 3.51. The van der Waals surface area contributed by atoms with Gasteiger partial charge in [0.1, 0.15) is 11.4 Å². The number of hydrogen-bond donors (Lipinski definition) is 0. The van der Waals surface area contributed by atoms with Crippen molar-refractivity contribution >= 4 is 39.5 Å². The summed E-state index contributed by atoms with van der Waals surface area (Å²) in [5, 5.41) is 6.75. The van der Waals surface area contributed by atoms with Gasteiger partial charge in [0.2, 0.25) is 0 Å². The van der Waals surface area contributed by atoms with Crippen LogP contribution in [0.3, 0.4) is 0 Å². The molecular weight excluding hydrogens is 522 g/mol. The van der Waals surface area contributed by atoms with Gasteiger partial charge in [-0.3, -0.25) is 14.8 Å². The summed E-state index contributed by atoms with van der Waals surface area (Å²) in [4.78, 5) is 29.9. The highest BCUT2D eigenvalue weighted by Crippen LogP contribution is 2.35. The molecule has 10 heteroatoms. The van der Waals surface area contributed by atoms with E-state index in [1.807, 2.05) is 71.2 Å². The van der Waals surface area contributed by atoms with E-state index in [-0.39, 0.29) is 11.8 Å². The lowest BCUT2D eigenvalue weighted by atomic mass is 10.0. The Hall–Kier alpha value is -3.92. The molecule has 0 saturated carbocycles. The molecule has 0 atom stereocenters. The topological polar surface area (TPSA) is 91.0 Å². The molecule has 1 fully saturated rings. The number of fused-ring (bicyclic) bond motifs is 2. The van der Waals surface area contributed by atoms with Crippen LogP contribution in [0.2, 0.25) is 0 Å². The molecule has 1 aliphatic heterocycles. The Labute approximate surface area is 237 Å². The Kier molecular flexibility index (Phi) is 6.74. The van der Waals surface area contributed by atoms with Crippen LogP contribution in [0.15, 0.2) is 36.8 Å². The number of carbonyl (C=O) groups is 1. The molecule has 1 aliphatic rings. The van der Waals surface area contributed by atoms with Gasteiger partial charge in [-0.05, 0) is 37.5 Å². The number of methoxy groups -OCH3 is 1. The monoisotopic (exact) mass is 555 g/mol. The maximum absolute atomic E-state index is 13.7. The molecular formula is C30H33N7O2S. The molecule has 1 amide bonds. The fourth-order valence-electron chi connectivity index (χ4n) is 5.67. The Morgan fingerprint density at radius 1 is 1.07 bits per heavy atom. The normalized spacial score (nSPS) is 14.0. The zero-order chi connectivity index (χ0) is 28.1. The van der Waals surface area contributed by atoms with E-state index in [0.717, 1.165) is 80.3 Å². The van der Waals surface area contributed by atoms with Crippen molar-refractivity contribution in [1.29, 1.82) is 0 Å². The third-order valence-corrected chi connectivity index (χ3v) is 8.68. The van der Waals surface area contributed by atoms with Crippen molar-refractivity contribution in [3.8, 4) is 22.8 Å². The van der Waals surface area contributed by atoms with E-state index >= 15 is 0 Å². The van der Waals surface area contributed by atoms with Crippen molar-refractivity contribution in [2.45, 2.75) is 33.6 Å². The molecule has 9 nitrogen and oxygen atoms in total. The number of carbonyl (C=O) groups excluding carboxylic acids is 1. The first-order valence-electron chi connectivity index (χ1n) is 13.5. The zero-order valence-electron chi connectivity index (χ0n) is 23.7. The number of thioether (sulfide) groups is 1. The number of nitrogens with zero attached hydrogens (tertiary/aromatic N) is 7. The van der Waals surface area contributed by atoms with E-state index < -0.39 is 0 Å². The second-order valence-corrected chi connectivity index (χ2v) is 11.7. The van der Waals surface area contributed by atoms with Crippen molar-refractivity contribution in [2.75, 3.05) is 31.7 Å². The number of pyridine rings is 3. The molecule has 1 saturated heterocycles. The van der Waals surface area contributed by atoms with Gasteiger partial charge < -0.3 is 14.2 Å². The highest BCUT2D eigenvalue weighted by Gasteiger charge is 2.27. The predicted octanol–water partition coefficient (Wildman–Crippen LogP) is 5.31. The minimum atomic E-state index is 0.0917. The van der Waals surface area contributed by atoms with Crippen molar-refractivity contribution in [1.82, 2.24) is 34.2 Å². The highest BCUT2D eigenvalue weighted by atomic mass is 32.2. The number of rotatable bonds is 5. The van der Waals surface area contributed by atoms with Crippen molar-refractivity contribution in [3.63, 3.8) is 0 Å². The lowest BCUT2D eigenvalue weighted by molar-refractivity contribution is 0.0762. The third-order valence-electron chi connectivity index (χ3n) is 7.74. The first-order valence-corrected chi connectivity index (χ1v) is 14.7. The summed E-state index contributed by atoms with van der Waals surface area (Å²) in [6, 6.07) is 5.89. The van der Waals surface area contributed by atoms with Crippen LogP contribution in [-0.2, 0) is 7.05 Å². The predicted molar refractivity (Wildman–Crippen MR) is 160 cm³/mol. The molecule has 5 aromatic heterocycles. The Bertz CT molecular complexity index is 1770. The van der Waals surface area contributed by atoms with Crippen LogP contribution in [0.5, 0.6) is 5.75 Å². The SMILES string of the molecule is COc1ccncc1-c1cc2c(cnn2-c2cc3c(c(C(C)C)n2)c(C)c(C(=O)N2CCSCC2)n3C)c(C)n1. The molecule has 6 rings (SSSR count). The summed E-state index contributed by atoms with van der Waals surface area (Å²) in [5.41, 5.74) is 6.97. The van der Waals surface area contributed by atoms with Gasteiger partial charge in [-0.15, -0.1) is 0 Å². The van der Waals surface area contributed by atoms with Gasteiger partial charge in [-0.1, -0.05) is 13.8 Å². The fraction of sp³-hybridized carbons (Fsp3) is 0.367. The van der Waals surface area contributed by atoms with E-state index in [4.69, 9.17) is 19.8 Å². The minimum Gasteiger partial charge on any atom is -0.496 e. The molecule has 6 heterocycles. The number of amides is 1. The van der Waals surface area contributed by atoms with Gasteiger partial charge in [0.05, 0.1) is 41.3 Å². The third kappa shape index (κ3) is 4.21. The van der Waals surface area contributed by atoms with Gasteiger partial charge in [0, 0.05) is 66.6 Å². The van der Waals surface area contributed by atoms with Gasteiger partial charge >= 0.3 is 0 Å². The van der Waals surface area contributed by atoms with Crippen LogP contribution in [0.4, 0.5) is 0 Å².